The molecule has 70 valence electrons. The van der Waals surface area contributed by atoms with Gasteiger partial charge in [0.1, 0.15) is 0 Å². The lowest BCUT2D eigenvalue weighted by atomic mass is 10.0. The van der Waals surface area contributed by atoms with Crippen LogP contribution >= 0.6 is 20.8 Å². The number of hydrogen-bond donors (Lipinski definition) is 0. The van der Waals surface area contributed by atoms with Crippen LogP contribution in [0.5, 0.6) is 0 Å². The molecular formula is C10H11ClOP-. The Hall–Kier alpha value is -0.390. The Morgan fingerprint density at radius 1 is 1.54 bits per heavy atom. The van der Waals surface area contributed by atoms with Crippen LogP contribution in [0.2, 0.25) is 5.02 Å². The number of ketones is 1. The summed E-state index contributed by atoms with van der Waals surface area (Å²) in [4.78, 5) is 11.6. The molecule has 0 N–H and O–H groups in total. The van der Waals surface area contributed by atoms with Gasteiger partial charge in [0.2, 0.25) is 0 Å². The predicted octanol–water partition coefficient (Wildman–Crippen LogP) is 3.36. The molecule has 3 heteroatoms. The molecule has 1 rings (SSSR count). The van der Waals surface area contributed by atoms with Crippen molar-refractivity contribution >= 4 is 26.6 Å². The van der Waals surface area contributed by atoms with Crippen molar-refractivity contribution in [2.24, 2.45) is 0 Å². The van der Waals surface area contributed by atoms with Gasteiger partial charge in [0.05, 0.1) is 5.02 Å². The summed E-state index contributed by atoms with van der Waals surface area (Å²) >= 11 is 5.92. The lowest BCUT2D eigenvalue weighted by Gasteiger charge is -2.07. The summed E-state index contributed by atoms with van der Waals surface area (Å²) in [7, 11) is 3.28. The first-order valence-corrected chi connectivity index (χ1v) is 5.18. The van der Waals surface area contributed by atoms with E-state index in [0.29, 0.717) is 23.2 Å². The second kappa shape index (κ2) is 4.74. The van der Waals surface area contributed by atoms with Gasteiger partial charge in [-0.15, -0.1) is 0 Å². The zero-order valence-electron chi connectivity index (χ0n) is 7.43. The molecule has 1 nitrogen and oxygen atoms in total. The molecule has 0 aliphatic heterocycles. The van der Waals surface area contributed by atoms with E-state index in [1.54, 1.807) is 6.07 Å². The van der Waals surface area contributed by atoms with E-state index in [4.69, 9.17) is 11.6 Å². The third kappa shape index (κ3) is 2.52. The minimum Gasteiger partial charge on any atom is -0.558 e. The molecule has 0 unspecified atom stereocenters. The Labute approximate surface area is 85.7 Å². The molecule has 0 saturated heterocycles. The fourth-order valence-electron chi connectivity index (χ4n) is 1.22. The van der Waals surface area contributed by atoms with E-state index in [2.05, 4.69) is 9.24 Å². The van der Waals surface area contributed by atoms with Gasteiger partial charge in [-0.05, 0) is 25.0 Å². The average Bonchev–Trinajstić information content (AvgIpc) is 2.04. The number of carbonyl (C=O) groups is 1. The maximum atomic E-state index is 11.6. The molecule has 0 saturated carbocycles. The van der Waals surface area contributed by atoms with Gasteiger partial charge in [-0.3, -0.25) is 4.79 Å². The summed E-state index contributed by atoms with van der Waals surface area (Å²) in [5, 5.41) is 0.546. The molecule has 13 heavy (non-hydrogen) atoms. The van der Waals surface area contributed by atoms with Crippen molar-refractivity contribution in [3.8, 4) is 0 Å². The molecular weight excluding hydrogens is 203 g/mol. The average molecular weight is 214 g/mol. The fraction of sp³-hybridized carbons (Fsp3) is 0.300. The first-order valence-electron chi connectivity index (χ1n) is 4.09. The Morgan fingerprint density at radius 2 is 2.23 bits per heavy atom. The SMILES string of the molecule is Cc1cccc(Cl)c1C(=O)CC[PH-]. The number of halogens is 1. The van der Waals surface area contributed by atoms with E-state index < -0.39 is 0 Å². The van der Waals surface area contributed by atoms with Crippen LogP contribution in [0.3, 0.4) is 0 Å². The zero-order chi connectivity index (χ0) is 9.84. The molecule has 0 spiro atoms. The van der Waals surface area contributed by atoms with Crippen molar-refractivity contribution in [1.29, 1.82) is 0 Å². The van der Waals surface area contributed by atoms with Crippen LogP contribution < -0.4 is 0 Å². The van der Waals surface area contributed by atoms with Gasteiger partial charge in [-0.2, -0.15) is 6.16 Å². The van der Waals surface area contributed by atoms with E-state index in [0.717, 1.165) is 5.56 Å². The van der Waals surface area contributed by atoms with Gasteiger partial charge in [-0.25, -0.2) is 0 Å². The van der Waals surface area contributed by atoms with E-state index in [1.807, 2.05) is 19.1 Å². The van der Waals surface area contributed by atoms with Crippen molar-refractivity contribution in [3.05, 3.63) is 34.3 Å². The molecule has 0 atom stereocenters. The molecule has 0 bridgehead atoms. The molecule has 0 radical (unpaired) electrons. The highest BCUT2D eigenvalue weighted by molar-refractivity contribution is 7.16. The van der Waals surface area contributed by atoms with E-state index in [-0.39, 0.29) is 5.78 Å². The standard InChI is InChI=1S/C10H11ClOP/c1-7-3-2-4-8(11)10(7)9(12)5-6-13/h2-4,13H,5-6H2,1H3/q-1. The van der Waals surface area contributed by atoms with Crippen LogP contribution in [0.4, 0.5) is 0 Å². The quantitative estimate of drug-likeness (QED) is 0.556. The van der Waals surface area contributed by atoms with Crippen molar-refractivity contribution in [2.45, 2.75) is 13.3 Å². The summed E-state index contributed by atoms with van der Waals surface area (Å²) < 4.78 is 0. The second-order valence-electron chi connectivity index (χ2n) is 2.85. The van der Waals surface area contributed by atoms with E-state index >= 15 is 0 Å². The van der Waals surface area contributed by atoms with Crippen LogP contribution in [0.15, 0.2) is 18.2 Å². The lowest BCUT2D eigenvalue weighted by Crippen LogP contribution is -2.02. The highest BCUT2D eigenvalue weighted by Gasteiger charge is 2.10. The number of carbonyl (C=O) groups excluding carboxylic acids is 1. The highest BCUT2D eigenvalue weighted by atomic mass is 35.5. The summed E-state index contributed by atoms with van der Waals surface area (Å²) in [5.74, 6) is 0.0955. The molecule has 1 aromatic carbocycles. The minimum absolute atomic E-state index is 0.0955. The molecule has 0 aliphatic rings. The number of hydrogen-bond acceptors (Lipinski definition) is 1. The van der Waals surface area contributed by atoms with Gasteiger partial charge in [0.25, 0.3) is 0 Å². The molecule has 0 heterocycles. The van der Waals surface area contributed by atoms with Crippen molar-refractivity contribution in [1.82, 2.24) is 0 Å². The molecule has 0 fully saturated rings. The molecule has 0 amide bonds. The molecule has 0 aliphatic carbocycles. The van der Waals surface area contributed by atoms with Crippen molar-refractivity contribution in [2.75, 3.05) is 6.16 Å². The van der Waals surface area contributed by atoms with Crippen LogP contribution in [0.25, 0.3) is 0 Å². The monoisotopic (exact) mass is 213 g/mol. The Kier molecular flexibility index (Phi) is 3.90. The van der Waals surface area contributed by atoms with Crippen molar-refractivity contribution < 1.29 is 4.79 Å². The first-order chi connectivity index (χ1) is 6.16. The third-order valence-electron chi connectivity index (χ3n) is 1.85. The zero-order valence-corrected chi connectivity index (χ0v) is 9.19. The number of Topliss-reactive ketones (excluding diaryl/α,β-unsaturated/α-hetero) is 1. The largest absolute Gasteiger partial charge is 0.558 e. The Balaban J connectivity index is 3.05. The molecule has 1 aromatic rings. The van der Waals surface area contributed by atoms with Crippen LogP contribution in [0.1, 0.15) is 22.3 Å². The Morgan fingerprint density at radius 3 is 2.77 bits per heavy atom. The summed E-state index contributed by atoms with van der Waals surface area (Å²) in [5.41, 5.74) is 1.60. The predicted molar refractivity (Wildman–Crippen MR) is 58.3 cm³/mol. The topological polar surface area (TPSA) is 17.1 Å². The number of aryl methyl sites for hydroxylation is 1. The summed E-state index contributed by atoms with van der Waals surface area (Å²) in [6.45, 7) is 1.90. The van der Waals surface area contributed by atoms with E-state index in [1.165, 1.54) is 0 Å². The normalized spacial score (nSPS) is 10.1. The maximum Gasteiger partial charge on any atom is 0.162 e. The summed E-state index contributed by atoms with van der Waals surface area (Å²) in [6, 6.07) is 5.49. The maximum absolute atomic E-state index is 11.6. The van der Waals surface area contributed by atoms with Gasteiger partial charge in [0.15, 0.2) is 5.78 Å². The minimum atomic E-state index is 0.0955. The number of benzene rings is 1. The van der Waals surface area contributed by atoms with Gasteiger partial charge < -0.3 is 9.24 Å². The lowest BCUT2D eigenvalue weighted by molar-refractivity contribution is 0.0989. The first kappa shape index (κ1) is 10.7. The summed E-state index contributed by atoms with van der Waals surface area (Å²) in [6.07, 6.45) is 1.16. The smallest absolute Gasteiger partial charge is 0.162 e. The van der Waals surface area contributed by atoms with Crippen LogP contribution in [-0.4, -0.2) is 11.9 Å². The Bertz CT molecular complexity index is 302. The van der Waals surface area contributed by atoms with Gasteiger partial charge in [0, 0.05) is 5.56 Å². The third-order valence-corrected chi connectivity index (χ3v) is 2.42. The second-order valence-corrected chi connectivity index (χ2v) is 3.76. The van der Waals surface area contributed by atoms with Crippen molar-refractivity contribution in [3.63, 3.8) is 0 Å². The van der Waals surface area contributed by atoms with Crippen LogP contribution in [0, 0.1) is 6.92 Å². The number of rotatable bonds is 3. The van der Waals surface area contributed by atoms with Crippen LogP contribution in [-0.2, 0) is 0 Å². The van der Waals surface area contributed by atoms with Gasteiger partial charge >= 0.3 is 0 Å². The van der Waals surface area contributed by atoms with E-state index in [9.17, 15) is 4.79 Å². The van der Waals surface area contributed by atoms with Gasteiger partial charge in [-0.1, -0.05) is 23.7 Å². The molecule has 0 aromatic heterocycles. The highest BCUT2D eigenvalue weighted by Crippen LogP contribution is 2.21. The fourth-order valence-corrected chi connectivity index (χ4v) is 1.78.